The Balaban J connectivity index is 1.88. The molecule has 1 fully saturated rings. The second kappa shape index (κ2) is 6.06. The van der Waals surface area contributed by atoms with Crippen LogP contribution in [-0.2, 0) is 6.54 Å². The summed E-state index contributed by atoms with van der Waals surface area (Å²) in [6, 6.07) is 9.58. The van der Waals surface area contributed by atoms with Crippen LogP contribution in [0.4, 0.5) is 5.69 Å². The first-order valence-corrected chi connectivity index (χ1v) is 6.74. The highest BCUT2D eigenvalue weighted by Gasteiger charge is 2.12. The predicted octanol–water partition coefficient (Wildman–Crippen LogP) is 3.49. The van der Waals surface area contributed by atoms with Crippen LogP contribution in [-0.4, -0.2) is 25.0 Å². The van der Waals surface area contributed by atoms with Crippen LogP contribution in [0.2, 0.25) is 0 Å². The molecule has 1 aliphatic rings. The van der Waals surface area contributed by atoms with Crippen LogP contribution >= 0.6 is 0 Å². The molecule has 94 valence electrons. The van der Waals surface area contributed by atoms with Crippen molar-refractivity contribution in [2.24, 2.45) is 0 Å². The monoisotopic (exact) mass is 232 g/mol. The van der Waals surface area contributed by atoms with Gasteiger partial charge in [0, 0.05) is 18.3 Å². The van der Waals surface area contributed by atoms with Crippen LogP contribution in [0.3, 0.4) is 0 Å². The van der Waals surface area contributed by atoms with Gasteiger partial charge in [-0.3, -0.25) is 0 Å². The van der Waals surface area contributed by atoms with Crippen molar-refractivity contribution < 1.29 is 0 Å². The third-order valence-corrected chi connectivity index (χ3v) is 3.43. The minimum absolute atomic E-state index is 0.698. The van der Waals surface area contributed by atoms with E-state index in [1.807, 2.05) is 0 Å². The van der Waals surface area contributed by atoms with Gasteiger partial charge in [0.2, 0.25) is 0 Å². The van der Waals surface area contributed by atoms with Crippen LogP contribution < -0.4 is 5.32 Å². The lowest BCUT2D eigenvalue weighted by Crippen LogP contribution is -2.22. The first-order valence-electron chi connectivity index (χ1n) is 6.74. The fraction of sp³-hybridized carbons (Fsp3) is 0.600. The van der Waals surface area contributed by atoms with E-state index < -0.39 is 0 Å². The maximum Gasteiger partial charge on any atom is 0.0342 e. The Morgan fingerprint density at radius 3 is 2.29 bits per heavy atom. The van der Waals surface area contributed by atoms with Gasteiger partial charge >= 0.3 is 0 Å². The zero-order chi connectivity index (χ0) is 12.1. The molecule has 17 heavy (non-hydrogen) atoms. The molecule has 2 heteroatoms. The molecule has 0 radical (unpaired) electrons. The van der Waals surface area contributed by atoms with Crippen LogP contribution in [0.1, 0.15) is 37.7 Å². The number of hydrogen-bond donors (Lipinski definition) is 1. The fourth-order valence-corrected chi connectivity index (χ4v) is 2.55. The molecule has 1 aliphatic carbocycles. The Labute approximate surface area is 105 Å². The first kappa shape index (κ1) is 12.4. The molecule has 0 heterocycles. The Hall–Kier alpha value is -1.02. The van der Waals surface area contributed by atoms with Gasteiger partial charge in [-0.15, -0.1) is 0 Å². The smallest absolute Gasteiger partial charge is 0.0342 e. The molecule has 0 spiro atoms. The molecule has 2 rings (SSSR count). The van der Waals surface area contributed by atoms with Crippen molar-refractivity contribution in [3.63, 3.8) is 0 Å². The van der Waals surface area contributed by atoms with E-state index in [2.05, 4.69) is 48.6 Å². The Morgan fingerprint density at radius 1 is 1.06 bits per heavy atom. The molecule has 0 saturated heterocycles. The zero-order valence-corrected chi connectivity index (χ0v) is 11.1. The second-order valence-corrected chi connectivity index (χ2v) is 5.41. The lowest BCUT2D eigenvalue weighted by molar-refractivity contribution is 0.402. The molecular formula is C15H24N2. The van der Waals surface area contributed by atoms with Gasteiger partial charge < -0.3 is 10.2 Å². The van der Waals surface area contributed by atoms with Gasteiger partial charge in [-0.25, -0.2) is 0 Å². The number of nitrogens with one attached hydrogen (secondary N) is 1. The average Bonchev–Trinajstić information content (AvgIpc) is 2.32. The van der Waals surface area contributed by atoms with Crippen molar-refractivity contribution in [3.05, 3.63) is 29.8 Å². The minimum Gasteiger partial charge on any atom is -0.382 e. The summed E-state index contributed by atoms with van der Waals surface area (Å²) in [6.07, 6.45) is 6.85. The zero-order valence-electron chi connectivity index (χ0n) is 11.1. The maximum atomic E-state index is 3.65. The van der Waals surface area contributed by atoms with Gasteiger partial charge in [-0.05, 0) is 44.6 Å². The van der Waals surface area contributed by atoms with Crippen molar-refractivity contribution in [2.45, 2.75) is 44.7 Å². The first-order chi connectivity index (χ1) is 8.24. The van der Waals surface area contributed by atoms with E-state index in [-0.39, 0.29) is 0 Å². The van der Waals surface area contributed by atoms with Gasteiger partial charge in [-0.1, -0.05) is 31.4 Å². The van der Waals surface area contributed by atoms with E-state index in [1.54, 1.807) is 0 Å². The van der Waals surface area contributed by atoms with Crippen LogP contribution in [0, 0.1) is 0 Å². The molecule has 1 aromatic carbocycles. The number of nitrogens with zero attached hydrogens (tertiary/aromatic N) is 1. The van der Waals surface area contributed by atoms with Gasteiger partial charge in [0.1, 0.15) is 0 Å². The normalized spacial score (nSPS) is 17.4. The lowest BCUT2D eigenvalue weighted by Gasteiger charge is -2.24. The number of benzene rings is 1. The van der Waals surface area contributed by atoms with Crippen LogP contribution in [0.15, 0.2) is 24.3 Å². The van der Waals surface area contributed by atoms with Gasteiger partial charge in [-0.2, -0.15) is 0 Å². The molecule has 1 N–H and O–H groups in total. The molecule has 0 atom stereocenters. The SMILES string of the molecule is CN(C)Cc1ccc(NC2CCCCC2)cc1. The molecule has 0 amide bonds. The molecule has 1 aromatic rings. The van der Waals surface area contributed by atoms with Crippen molar-refractivity contribution in [1.82, 2.24) is 4.90 Å². The topological polar surface area (TPSA) is 15.3 Å². The van der Waals surface area contributed by atoms with Crippen molar-refractivity contribution in [3.8, 4) is 0 Å². The number of rotatable bonds is 4. The third-order valence-electron chi connectivity index (χ3n) is 3.43. The summed E-state index contributed by atoms with van der Waals surface area (Å²) in [6.45, 7) is 1.02. The van der Waals surface area contributed by atoms with E-state index in [0.717, 1.165) is 6.54 Å². The quantitative estimate of drug-likeness (QED) is 0.855. The molecule has 0 unspecified atom stereocenters. The highest BCUT2D eigenvalue weighted by molar-refractivity contribution is 5.45. The van der Waals surface area contributed by atoms with Crippen molar-refractivity contribution in [2.75, 3.05) is 19.4 Å². The third kappa shape index (κ3) is 4.04. The largest absolute Gasteiger partial charge is 0.382 e. The second-order valence-electron chi connectivity index (χ2n) is 5.41. The van der Waals surface area contributed by atoms with E-state index >= 15 is 0 Å². The van der Waals surface area contributed by atoms with Gasteiger partial charge in [0.25, 0.3) is 0 Å². The molecule has 1 saturated carbocycles. The number of hydrogen-bond acceptors (Lipinski definition) is 2. The summed E-state index contributed by atoms with van der Waals surface area (Å²) in [5.41, 5.74) is 2.66. The maximum absolute atomic E-state index is 3.65. The van der Waals surface area contributed by atoms with Crippen molar-refractivity contribution in [1.29, 1.82) is 0 Å². The Morgan fingerprint density at radius 2 is 1.71 bits per heavy atom. The molecular weight excluding hydrogens is 208 g/mol. The Kier molecular flexibility index (Phi) is 4.43. The van der Waals surface area contributed by atoms with E-state index in [0.29, 0.717) is 6.04 Å². The van der Waals surface area contributed by atoms with E-state index in [4.69, 9.17) is 0 Å². The fourth-order valence-electron chi connectivity index (χ4n) is 2.55. The van der Waals surface area contributed by atoms with Gasteiger partial charge in [0.05, 0.1) is 0 Å². The summed E-state index contributed by atoms with van der Waals surface area (Å²) in [4.78, 5) is 2.20. The predicted molar refractivity (Wildman–Crippen MR) is 74.3 cm³/mol. The summed E-state index contributed by atoms with van der Waals surface area (Å²) >= 11 is 0. The molecule has 0 aliphatic heterocycles. The standard InChI is InChI=1S/C15H24N2/c1-17(2)12-13-8-10-15(11-9-13)16-14-6-4-3-5-7-14/h8-11,14,16H,3-7,12H2,1-2H3. The minimum atomic E-state index is 0.698. The van der Waals surface area contributed by atoms with E-state index in [9.17, 15) is 0 Å². The summed E-state index contributed by atoms with van der Waals surface area (Å²) in [5.74, 6) is 0. The average molecular weight is 232 g/mol. The Bertz CT molecular complexity index is 323. The summed E-state index contributed by atoms with van der Waals surface area (Å²) in [5, 5.41) is 3.65. The van der Waals surface area contributed by atoms with E-state index in [1.165, 1.54) is 43.4 Å². The highest BCUT2D eigenvalue weighted by Crippen LogP contribution is 2.21. The van der Waals surface area contributed by atoms with Crippen LogP contribution in [0.5, 0.6) is 0 Å². The highest BCUT2D eigenvalue weighted by atomic mass is 15.0. The van der Waals surface area contributed by atoms with Crippen LogP contribution in [0.25, 0.3) is 0 Å². The van der Waals surface area contributed by atoms with Crippen molar-refractivity contribution >= 4 is 5.69 Å². The molecule has 0 aromatic heterocycles. The lowest BCUT2D eigenvalue weighted by atomic mass is 9.95. The van der Waals surface area contributed by atoms with Gasteiger partial charge in [0.15, 0.2) is 0 Å². The molecule has 0 bridgehead atoms. The molecule has 2 nitrogen and oxygen atoms in total. The number of anilines is 1. The summed E-state index contributed by atoms with van der Waals surface area (Å²) in [7, 11) is 4.21. The summed E-state index contributed by atoms with van der Waals surface area (Å²) < 4.78 is 0.